The third kappa shape index (κ3) is 2.53. The highest BCUT2D eigenvalue weighted by Gasteiger charge is 2.56. The van der Waals surface area contributed by atoms with Crippen molar-refractivity contribution < 1.29 is 0 Å². The van der Waals surface area contributed by atoms with Crippen molar-refractivity contribution in [3.8, 4) is 0 Å². The molecule has 1 aromatic carbocycles. The van der Waals surface area contributed by atoms with Crippen LogP contribution in [-0.4, -0.2) is 6.54 Å². The van der Waals surface area contributed by atoms with Gasteiger partial charge in [-0.3, -0.25) is 0 Å². The van der Waals surface area contributed by atoms with Crippen molar-refractivity contribution in [3.05, 3.63) is 33.8 Å². The highest BCUT2D eigenvalue weighted by Crippen LogP contribution is 2.62. The van der Waals surface area contributed by atoms with E-state index in [1.54, 1.807) is 0 Å². The Labute approximate surface area is 125 Å². The van der Waals surface area contributed by atoms with E-state index in [-0.39, 0.29) is 0 Å². The number of hydrogen-bond acceptors (Lipinski definition) is 1. The van der Waals surface area contributed by atoms with Gasteiger partial charge in [-0.05, 0) is 55.2 Å². The molecule has 1 aromatic rings. The Morgan fingerprint density at radius 3 is 2.68 bits per heavy atom. The van der Waals surface area contributed by atoms with Crippen LogP contribution in [0.15, 0.2) is 18.2 Å². The number of nitrogens with one attached hydrogen (secondary N) is 1. The molecular formula is C16H21Cl2N. The summed E-state index contributed by atoms with van der Waals surface area (Å²) in [6.45, 7) is 3.25. The van der Waals surface area contributed by atoms with Gasteiger partial charge in [0.25, 0.3) is 0 Å². The summed E-state index contributed by atoms with van der Waals surface area (Å²) in [5.74, 6) is 2.62. The molecule has 3 heteroatoms. The lowest BCUT2D eigenvalue weighted by Gasteiger charge is -2.22. The molecule has 2 aliphatic carbocycles. The molecule has 2 fully saturated rings. The molecule has 1 N–H and O–H groups in total. The fourth-order valence-corrected chi connectivity index (χ4v) is 4.31. The largest absolute Gasteiger partial charge is 0.310 e. The maximum absolute atomic E-state index is 6.42. The van der Waals surface area contributed by atoms with Gasteiger partial charge in [0.1, 0.15) is 0 Å². The molecule has 0 aliphatic heterocycles. The monoisotopic (exact) mass is 297 g/mol. The fourth-order valence-electron chi connectivity index (χ4n) is 3.89. The van der Waals surface area contributed by atoms with Crippen LogP contribution in [0.25, 0.3) is 0 Å². The predicted molar refractivity (Wildman–Crippen MR) is 81.8 cm³/mol. The van der Waals surface area contributed by atoms with E-state index in [4.69, 9.17) is 23.2 Å². The van der Waals surface area contributed by atoms with Crippen LogP contribution in [0.4, 0.5) is 0 Å². The minimum Gasteiger partial charge on any atom is -0.310 e. The average molecular weight is 298 g/mol. The number of benzene rings is 1. The molecule has 2 aliphatic rings. The van der Waals surface area contributed by atoms with Crippen molar-refractivity contribution in [2.24, 2.45) is 17.8 Å². The van der Waals surface area contributed by atoms with Crippen LogP contribution in [0, 0.1) is 17.8 Å². The lowest BCUT2D eigenvalue weighted by molar-refractivity contribution is 0.418. The summed E-state index contributed by atoms with van der Waals surface area (Å²) in [6, 6.07) is 6.41. The predicted octanol–water partition coefficient (Wildman–Crippen LogP) is 5.08. The van der Waals surface area contributed by atoms with E-state index in [2.05, 4.69) is 18.3 Å². The van der Waals surface area contributed by atoms with Crippen LogP contribution in [0.5, 0.6) is 0 Å². The average Bonchev–Trinajstić information content (AvgIpc) is 2.87. The summed E-state index contributed by atoms with van der Waals surface area (Å²) in [7, 11) is 0. The van der Waals surface area contributed by atoms with E-state index < -0.39 is 0 Å². The maximum atomic E-state index is 6.42. The molecule has 0 bridgehead atoms. The molecule has 0 spiro atoms. The molecule has 3 atom stereocenters. The highest BCUT2D eigenvalue weighted by atomic mass is 35.5. The van der Waals surface area contributed by atoms with E-state index in [0.29, 0.717) is 11.1 Å². The Morgan fingerprint density at radius 2 is 2.00 bits per heavy atom. The molecule has 0 heterocycles. The summed E-state index contributed by atoms with van der Waals surface area (Å²) >= 11 is 12.6. The van der Waals surface area contributed by atoms with Crippen molar-refractivity contribution in [1.29, 1.82) is 0 Å². The van der Waals surface area contributed by atoms with Crippen LogP contribution >= 0.6 is 23.2 Å². The minimum atomic E-state index is 0.390. The molecule has 0 saturated heterocycles. The van der Waals surface area contributed by atoms with E-state index in [9.17, 15) is 0 Å². The normalized spacial score (nSPS) is 30.2. The third-order valence-corrected chi connectivity index (χ3v) is 5.62. The molecule has 2 saturated carbocycles. The highest BCUT2D eigenvalue weighted by molar-refractivity contribution is 6.42. The standard InChI is InChI=1S/C16H21Cl2N/c1-2-9-19-16(14-10-5-3-6-11(10)14)12-7-4-8-13(17)15(12)18/h4,7-8,10-11,14,16,19H,2-3,5-6,9H2,1H3. The van der Waals surface area contributed by atoms with Gasteiger partial charge in [0.05, 0.1) is 10.0 Å². The number of hydrogen-bond donors (Lipinski definition) is 1. The van der Waals surface area contributed by atoms with Gasteiger partial charge in [0.15, 0.2) is 0 Å². The Bertz CT molecular complexity index is 450. The van der Waals surface area contributed by atoms with E-state index in [1.807, 2.05) is 12.1 Å². The molecule has 19 heavy (non-hydrogen) atoms. The van der Waals surface area contributed by atoms with Crippen molar-refractivity contribution in [1.82, 2.24) is 5.32 Å². The second-order valence-electron chi connectivity index (χ2n) is 5.91. The second-order valence-corrected chi connectivity index (χ2v) is 6.70. The molecule has 3 unspecified atom stereocenters. The lowest BCUT2D eigenvalue weighted by Crippen LogP contribution is -2.25. The van der Waals surface area contributed by atoms with Gasteiger partial charge in [-0.2, -0.15) is 0 Å². The zero-order chi connectivity index (χ0) is 13.4. The number of rotatable bonds is 5. The quantitative estimate of drug-likeness (QED) is 0.799. The SMILES string of the molecule is CCCNC(c1cccc(Cl)c1Cl)C1C2CCCC21. The molecule has 0 aromatic heterocycles. The molecule has 104 valence electrons. The minimum absolute atomic E-state index is 0.390. The Hall–Kier alpha value is -0.240. The summed E-state index contributed by atoms with van der Waals surface area (Å²) < 4.78 is 0. The van der Waals surface area contributed by atoms with Gasteiger partial charge in [-0.15, -0.1) is 0 Å². The first-order valence-corrected chi connectivity index (χ1v) is 8.17. The summed E-state index contributed by atoms with van der Waals surface area (Å²) in [4.78, 5) is 0. The molecular weight excluding hydrogens is 277 g/mol. The van der Waals surface area contributed by atoms with Crippen molar-refractivity contribution in [3.63, 3.8) is 0 Å². The van der Waals surface area contributed by atoms with E-state index in [0.717, 1.165) is 35.7 Å². The Morgan fingerprint density at radius 1 is 1.26 bits per heavy atom. The molecule has 3 rings (SSSR count). The van der Waals surface area contributed by atoms with Gasteiger partial charge in [0, 0.05) is 6.04 Å². The first-order chi connectivity index (χ1) is 9.24. The van der Waals surface area contributed by atoms with Crippen molar-refractivity contribution >= 4 is 23.2 Å². The van der Waals surface area contributed by atoms with Gasteiger partial charge in [-0.25, -0.2) is 0 Å². The van der Waals surface area contributed by atoms with E-state index in [1.165, 1.54) is 24.8 Å². The van der Waals surface area contributed by atoms with Gasteiger partial charge >= 0.3 is 0 Å². The first kappa shape index (κ1) is 13.7. The van der Waals surface area contributed by atoms with Crippen LogP contribution < -0.4 is 5.32 Å². The van der Waals surface area contributed by atoms with E-state index >= 15 is 0 Å². The van der Waals surface area contributed by atoms with Gasteiger partial charge < -0.3 is 5.32 Å². The fraction of sp³-hybridized carbons (Fsp3) is 0.625. The third-order valence-electron chi connectivity index (χ3n) is 4.79. The van der Waals surface area contributed by atoms with Gasteiger partial charge in [0.2, 0.25) is 0 Å². The number of fused-ring (bicyclic) bond motifs is 1. The van der Waals surface area contributed by atoms with Crippen molar-refractivity contribution in [2.75, 3.05) is 6.54 Å². The topological polar surface area (TPSA) is 12.0 Å². The second kappa shape index (κ2) is 5.63. The first-order valence-electron chi connectivity index (χ1n) is 7.41. The van der Waals surface area contributed by atoms with Crippen LogP contribution in [0.3, 0.4) is 0 Å². The zero-order valence-electron chi connectivity index (χ0n) is 11.3. The summed E-state index contributed by atoms with van der Waals surface area (Å²) in [5.41, 5.74) is 1.20. The van der Waals surface area contributed by atoms with Gasteiger partial charge in [-0.1, -0.05) is 48.7 Å². The molecule has 0 radical (unpaired) electrons. The van der Waals surface area contributed by atoms with Crippen LogP contribution in [0.2, 0.25) is 10.0 Å². The number of halogens is 2. The van der Waals surface area contributed by atoms with Crippen molar-refractivity contribution in [2.45, 2.75) is 38.6 Å². The lowest BCUT2D eigenvalue weighted by atomic mass is 9.96. The molecule has 0 amide bonds. The Kier molecular flexibility index (Phi) is 4.07. The van der Waals surface area contributed by atoms with Crippen LogP contribution in [-0.2, 0) is 0 Å². The summed E-state index contributed by atoms with van der Waals surface area (Å²) in [5, 5.41) is 5.11. The maximum Gasteiger partial charge on any atom is 0.0640 e. The smallest absolute Gasteiger partial charge is 0.0640 e. The Balaban J connectivity index is 1.84. The zero-order valence-corrected chi connectivity index (χ0v) is 12.8. The molecule has 1 nitrogen and oxygen atoms in total. The van der Waals surface area contributed by atoms with Crippen LogP contribution in [0.1, 0.15) is 44.2 Å². The summed E-state index contributed by atoms with van der Waals surface area (Å²) in [6.07, 6.45) is 5.36.